The Kier molecular flexibility index (Phi) is 8.90. The van der Waals surface area contributed by atoms with Crippen molar-refractivity contribution >= 4 is 34.3 Å². The smallest absolute Gasteiger partial charge is 0.135 e. The summed E-state index contributed by atoms with van der Waals surface area (Å²) in [6, 6.07) is 14.9. The van der Waals surface area contributed by atoms with Crippen molar-refractivity contribution < 1.29 is 0 Å². The minimum absolute atomic E-state index is 0.403. The zero-order valence-corrected chi connectivity index (χ0v) is 23.6. The minimum atomic E-state index is 0.403. The van der Waals surface area contributed by atoms with E-state index in [-0.39, 0.29) is 0 Å². The van der Waals surface area contributed by atoms with Gasteiger partial charge in [-0.2, -0.15) is 5.10 Å². The lowest BCUT2D eigenvalue weighted by Gasteiger charge is -2.25. The van der Waals surface area contributed by atoms with Crippen LogP contribution in [0.2, 0.25) is 5.02 Å². The molecule has 2 aromatic carbocycles. The Hall–Kier alpha value is -3.57. The minimum Gasteiger partial charge on any atom is -0.383 e. The molecule has 5 rings (SSSR count). The number of aliphatic imine (C=N–C) groups is 1. The summed E-state index contributed by atoms with van der Waals surface area (Å²) in [5.74, 6) is 0.403. The quantitative estimate of drug-likeness (QED) is 0.155. The number of anilines is 1. The van der Waals surface area contributed by atoms with Gasteiger partial charge < -0.3 is 11.1 Å². The number of fused-ring (bicyclic) bond motifs is 1. The molecule has 0 unspecified atom stereocenters. The van der Waals surface area contributed by atoms with Crippen LogP contribution in [0.1, 0.15) is 61.3 Å². The fourth-order valence-corrected chi connectivity index (χ4v) is 5.20. The average molecular weight is 528 g/mol. The number of aromatic nitrogens is 2. The highest BCUT2D eigenvalue weighted by Gasteiger charge is 2.20. The van der Waals surface area contributed by atoms with Gasteiger partial charge in [0.2, 0.25) is 0 Å². The second kappa shape index (κ2) is 12.3. The highest BCUT2D eigenvalue weighted by molar-refractivity contribution is 6.33. The van der Waals surface area contributed by atoms with Crippen LogP contribution < -0.4 is 11.1 Å². The summed E-state index contributed by atoms with van der Waals surface area (Å²) in [5, 5.41) is 9.11. The van der Waals surface area contributed by atoms with Gasteiger partial charge in [-0.15, -0.1) is 6.58 Å². The Morgan fingerprint density at radius 3 is 2.47 bits per heavy atom. The van der Waals surface area contributed by atoms with Gasteiger partial charge in [0, 0.05) is 17.8 Å². The van der Waals surface area contributed by atoms with Crippen LogP contribution in [0.3, 0.4) is 0 Å². The molecule has 1 fully saturated rings. The van der Waals surface area contributed by atoms with Gasteiger partial charge in [-0.25, -0.2) is 9.51 Å². The van der Waals surface area contributed by atoms with Gasteiger partial charge >= 0.3 is 0 Å². The summed E-state index contributed by atoms with van der Waals surface area (Å²) < 4.78 is 1.94. The van der Waals surface area contributed by atoms with Gasteiger partial charge in [0.05, 0.1) is 33.7 Å². The van der Waals surface area contributed by atoms with E-state index in [1.165, 1.54) is 36.0 Å². The van der Waals surface area contributed by atoms with Crippen LogP contribution >= 0.6 is 11.6 Å². The number of aryl methyl sites for hydroxylation is 3. The SMILES string of the molecule is C=CC.Cc1ccc(-c2cc3c(NC4CCCCC4)c(C(N)=Nc4cc(C)ccc4Cl)cnn3c2)c(C)c1. The molecule has 0 spiro atoms. The molecule has 6 heteroatoms. The first kappa shape index (κ1) is 27.5. The first-order valence-electron chi connectivity index (χ1n) is 13.3. The van der Waals surface area contributed by atoms with E-state index in [1.54, 1.807) is 6.08 Å². The highest BCUT2D eigenvalue weighted by atomic mass is 35.5. The van der Waals surface area contributed by atoms with Gasteiger partial charge in [0.25, 0.3) is 0 Å². The maximum atomic E-state index is 6.60. The normalized spacial score (nSPS) is 14.2. The molecule has 0 bridgehead atoms. The summed E-state index contributed by atoms with van der Waals surface area (Å²) in [5.41, 5.74) is 16.0. The molecule has 1 aliphatic carbocycles. The predicted octanol–water partition coefficient (Wildman–Crippen LogP) is 8.55. The molecule has 3 N–H and O–H groups in total. The Bertz CT molecular complexity index is 1460. The fourth-order valence-electron chi connectivity index (χ4n) is 5.04. The topological polar surface area (TPSA) is 67.7 Å². The number of hydrogen-bond acceptors (Lipinski definition) is 3. The summed E-state index contributed by atoms with van der Waals surface area (Å²) in [4.78, 5) is 4.71. The molecule has 0 aliphatic heterocycles. The van der Waals surface area contributed by atoms with Crippen LogP contribution in [0.4, 0.5) is 11.4 Å². The molecule has 5 nitrogen and oxygen atoms in total. The van der Waals surface area contributed by atoms with Crippen molar-refractivity contribution in [3.63, 3.8) is 0 Å². The number of amidine groups is 1. The van der Waals surface area contributed by atoms with E-state index in [0.29, 0.717) is 22.6 Å². The Balaban J connectivity index is 0.00000107. The zero-order chi connectivity index (χ0) is 27.2. The highest BCUT2D eigenvalue weighted by Crippen LogP contribution is 2.33. The number of rotatable bonds is 5. The molecule has 198 valence electrons. The molecule has 1 saturated carbocycles. The van der Waals surface area contributed by atoms with Crippen molar-refractivity contribution in [1.29, 1.82) is 0 Å². The number of halogens is 1. The molecule has 4 aromatic rings. The van der Waals surface area contributed by atoms with Crippen LogP contribution in [0, 0.1) is 20.8 Å². The van der Waals surface area contributed by atoms with E-state index in [1.807, 2.05) is 42.8 Å². The molecule has 1 aliphatic rings. The summed E-state index contributed by atoms with van der Waals surface area (Å²) in [6.07, 6.45) is 11.7. The number of nitrogens with one attached hydrogen (secondary N) is 1. The third kappa shape index (κ3) is 6.28. The van der Waals surface area contributed by atoms with Crippen LogP contribution in [-0.2, 0) is 0 Å². The van der Waals surface area contributed by atoms with Crippen molar-refractivity contribution in [2.24, 2.45) is 10.7 Å². The number of allylic oxidation sites excluding steroid dienone is 1. The molecule has 38 heavy (non-hydrogen) atoms. The van der Waals surface area contributed by atoms with Crippen molar-refractivity contribution in [3.05, 3.63) is 94.8 Å². The molecule has 2 heterocycles. The molecular weight excluding hydrogens is 490 g/mol. The number of nitrogens with two attached hydrogens (primary N) is 1. The molecule has 0 atom stereocenters. The lowest BCUT2D eigenvalue weighted by Crippen LogP contribution is -2.25. The van der Waals surface area contributed by atoms with E-state index in [2.05, 4.69) is 56.2 Å². The van der Waals surface area contributed by atoms with E-state index >= 15 is 0 Å². The van der Waals surface area contributed by atoms with Crippen molar-refractivity contribution in [2.45, 2.75) is 65.8 Å². The Labute approximate surface area is 231 Å². The lowest BCUT2D eigenvalue weighted by molar-refractivity contribution is 0.463. The van der Waals surface area contributed by atoms with Crippen LogP contribution in [0.15, 0.2) is 72.5 Å². The van der Waals surface area contributed by atoms with E-state index in [4.69, 9.17) is 27.4 Å². The third-order valence-corrected chi connectivity index (χ3v) is 7.22. The lowest BCUT2D eigenvalue weighted by atomic mass is 9.95. The second-order valence-corrected chi connectivity index (χ2v) is 10.6. The van der Waals surface area contributed by atoms with Crippen molar-refractivity contribution in [3.8, 4) is 11.1 Å². The zero-order valence-electron chi connectivity index (χ0n) is 22.9. The number of benzene rings is 2. The van der Waals surface area contributed by atoms with Crippen LogP contribution in [0.25, 0.3) is 16.6 Å². The average Bonchev–Trinajstić information content (AvgIpc) is 3.32. The molecular formula is C32H38ClN5. The summed E-state index contributed by atoms with van der Waals surface area (Å²) in [6.45, 7) is 11.5. The summed E-state index contributed by atoms with van der Waals surface area (Å²) >= 11 is 6.42. The molecule has 0 amide bonds. The maximum Gasteiger partial charge on any atom is 0.135 e. The van der Waals surface area contributed by atoms with Crippen LogP contribution in [0.5, 0.6) is 0 Å². The first-order chi connectivity index (χ1) is 18.3. The summed E-state index contributed by atoms with van der Waals surface area (Å²) in [7, 11) is 0. The van der Waals surface area contributed by atoms with Gasteiger partial charge in [0.1, 0.15) is 5.84 Å². The Morgan fingerprint density at radius 1 is 1.08 bits per heavy atom. The van der Waals surface area contributed by atoms with Gasteiger partial charge in [-0.3, -0.25) is 0 Å². The number of hydrogen-bond donors (Lipinski definition) is 2. The first-order valence-corrected chi connectivity index (χ1v) is 13.7. The van der Waals surface area contributed by atoms with E-state index in [0.717, 1.165) is 40.7 Å². The van der Waals surface area contributed by atoms with Gasteiger partial charge in [-0.1, -0.05) is 66.8 Å². The molecule has 0 saturated heterocycles. The predicted molar refractivity (Wildman–Crippen MR) is 163 cm³/mol. The van der Waals surface area contributed by atoms with Crippen molar-refractivity contribution in [2.75, 3.05) is 5.32 Å². The van der Waals surface area contributed by atoms with Crippen molar-refractivity contribution in [1.82, 2.24) is 9.61 Å². The molecule has 2 aromatic heterocycles. The third-order valence-electron chi connectivity index (χ3n) is 6.90. The van der Waals surface area contributed by atoms with Gasteiger partial charge in [-0.05, 0) is 75.4 Å². The Morgan fingerprint density at radius 2 is 1.76 bits per heavy atom. The second-order valence-electron chi connectivity index (χ2n) is 10.1. The fraction of sp³-hybridized carbons (Fsp3) is 0.312. The van der Waals surface area contributed by atoms with E-state index in [9.17, 15) is 0 Å². The molecule has 0 radical (unpaired) electrons. The van der Waals surface area contributed by atoms with Crippen LogP contribution in [-0.4, -0.2) is 21.5 Å². The van der Waals surface area contributed by atoms with Gasteiger partial charge in [0.15, 0.2) is 0 Å². The maximum absolute atomic E-state index is 6.60. The number of nitrogens with zero attached hydrogens (tertiary/aromatic N) is 3. The largest absolute Gasteiger partial charge is 0.383 e. The monoisotopic (exact) mass is 527 g/mol. The van der Waals surface area contributed by atoms with E-state index < -0.39 is 0 Å². The standard InChI is InChI=1S/C29H32ClN5.C3H6/c1-18-9-11-23(20(3)13-18)21-15-27-28(33-22-7-5-4-6-8-22)24(16-32-35(27)17-21)29(31)34-26-14-19(2)10-12-25(26)30;1-3-2/h9-17,22,33H,4-8H2,1-3H3,(H2,31,34);3H,1H2,2H3.